The lowest BCUT2D eigenvalue weighted by atomic mass is 9.99. The van der Waals surface area contributed by atoms with Crippen molar-refractivity contribution in [1.82, 2.24) is 4.90 Å². The molecular formula is C13H15BrClNO2. The Morgan fingerprint density at radius 3 is 2.89 bits per heavy atom. The molecule has 0 spiro atoms. The second kappa shape index (κ2) is 5.59. The third-order valence-corrected chi connectivity index (χ3v) is 4.42. The molecule has 0 amide bonds. The zero-order valence-corrected chi connectivity index (χ0v) is 12.4. The van der Waals surface area contributed by atoms with Crippen LogP contribution in [0.5, 0.6) is 0 Å². The summed E-state index contributed by atoms with van der Waals surface area (Å²) in [7, 11) is 0. The average Bonchev–Trinajstić information content (AvgIpc) is 2.65. The van der Waals surface area contributed by atoms with Gasteiger partial charge in [0.1, 0.15) is 0 Å². The van der Waals surface area contributed by atoms with E-state index < -0.39 is 5.97 Å². The van der Waals surface area contributed by atoms with Crippen molar-refractivity contribution in [2.75, 3.05) is 13.1 Å². The summed E-state index contributed by atoms with van der Waals surface area (Å²) < 4.78 is 1.01. The highest BCUT2D eigenvalue weighted by Gasteiger charge is 2.34. The van der Waals surface area contributed by atoms with E-state index in [2.05, 4.69) is 20.8 Å². The molecule has 1 saturated heterocycles. The third kappa shape index (κ3) is 3.05. The number of hydrogen-bond acceptors (Lipinski definition) is 2. The SMILES string of the molecule is CC1CN(Cc2cc(Cl)ccc2Br)CC1C(=O)O. The Morgan fingerprint density at radius 2 is 2.28 bits per heavy atom. The summed E-state index contributed by atoms with van der Waals surface area (Å²) in [6, 6.07) is 5.68. The van der Waals surface area contributed by atoms with Gasteiger partial charge in [0, 0.05) is 29.1 Å². The van der Waals surface area contributed by atoms with E-state index in [4.69, 9.17) is 16.7 Å². The van der Waals surface area contributed by atoms with E-state index in [-0.39, 0.29) is 11.8 Å². The van der Waals surface area contributed by atoms with Crippen molar-refractivity contribution in [2.45, 2.75) is 13.5 Å². The highest BCUT2D eigenvalue weighted by molar-refractivity contribution is 9.10. The van der Waals surface area contributed by atoms with Gasteiger partial charge in [0.25, 0.3) is 0 Å². The number of carbonyl (C=O) groups is 1. The molecule has 2 rings (SSSR count). The molecule has 1 heterocycles. The molecule has 0 bridgehead atoms. The molecule has 1 aromatic rings. The fourth-order valence-corrected chi connectivity index (χ4v) is 2.99. The van der Waals surface area contributed by atoms with Crippen LogP contribution < -0.4 is 0 Å². The van der Waals surface area contributed by atoms with Crippen molar-refractivity contribution in [2.24, 2.45) is 11.8 Å². The fraction of sp³-hybridized carbons (Fsp3) is 0.462. The van der Waals surface area contributed by atoms with Crippen molar-refractivity contribution < 1.29 is 9.90 Å². The van der Waals surface area contributed by atoms with Crippen LogP contribution in [0.15, 0.2) is 22.7 Å². The van der Waals surface area contributed by atoms with Crippen LogP contribution in [0.25, 0.3) is 0 Å². The predicted octanol–water partition coefficient (Wildman–Crippen LogP) is 3.26. The Morgan fingerprint density at radius 1 is 1.56 bits per heavy atom. The lowest BCUT2D eigenvalue weighted by Gasteiger charge is -2.16. The zero-order chi connectivity index (χ0) is 13.3. The van der Waals surface area contributed by atoms with E-state index in [0.29, 0.717) is 11.6 Å². The Labute approximate surface area is 120 Å². The normalized spacial score (nSPS) is 24.4. The number of benzene rings is 1. The summed E-state index contributed by atoms with van der Waals surface area (Å²) in [6.07, 6.45) is 0. The van der Waals surface area contributed by atoms with E-state index in [1.807, 2.05) is 25.1 Å². The summed E-state index contributed by atoms with van der Waals surface area (Å²) in [6.45, 7) is 4.15. The first kappa shape index (κ1) is 13.8. The van der Waals surface area contributed by atoms with Gasteiger partial charge in [-0.05, 0) is 29.7 Å². The summed E-state index contributed by atoms with van der Waals surface area (Å²) >= 11 is 9.47. The van der Waals surface area contributed by atoms with Crippen molar-refractivity contribution in [3.05, 3.63) is 33.3 Å². The number of likely N-dealkylation sites (tertiary alicyclic amines) is 1. The van der Waals surface area contributed by atoms with E-state index in [9.17, 15) is 4.79 Å². The van der Waals surface area contributed by atoms with E-state index in [1.165, 1.54) is 0 Å². The van der Waals surface area contributed by atoms with Gasteiger partial charge in [-0.25, -0.2) is 0 Å². The third-order valence-electron chi connectivity index (χ3n) is 3.41. The minimum atomic E-state index is -0.699. The molecule has 0 saturated carbocycles. The number of carboxylic acid groups (broad SMARTS) is 1. The van der Waals surface area contributed by atoms with Crippen LogP contribution in [0, 0.1) is 11.8 Å². The molecule has 1 aliphatic rings. The van der Waals surface area contributed by atoms with Gasteiger partial charge in [-0.1, -0.05) is 34.5 Å². The maximum atomic E-state index is 11.1. The molecule has 2 atom stereocenters. The minimum absolute atomic E-state index is 0.195. The Hall–Kier alpha value is -0.580. The molecular weight excluding hydrogens is 318 g/mol. The maximum absolute atomic E-state index is 11.1. The summed E-state index contributed by atoms with van der Waals surface area (Å²) in [5, 5.41) is 9.81. The minimum Gasteiger partial charge on any atom is -0.481 e. The summed E-state index contributed by atoms with van der Waals surface area (Å²) in [4.78, 5) is 13.2. The Balaban J connectivity index is 2.07. The standard InChI is InChI=1S/C13H15BrClNO2/c1-8-5-16(7-11(8)13(17)18)6-9-4-10(15)2-3-12(9)14/h2-4,8,11H,5-7H2,1H3,(H,17,18). The number of hydrogen-bond donors (Lipinski definition) is 1. The summed E-state index contributed by atoms with van der Waals surface area (Å²) in [5.74, 6) is -0.765. The van der Waals surface area contributed by atoms with Gasteiger partial charge < -0.3 is 5.11 Å². The highest BCUT2D eigenvalue weighted by Crippen LogP contribution is 2.28. The quantitative estimate of drug-likeness (QED) is 0.923. The van der Waals surface area contributed by atoms with Crippen molar-refractivity contribution in [1.29, 1.82) is 0 Å². The van der Waals surface area contributed by atoms with Gasteiger partial charge >= 0.3 is 5.97 Å². The molecule has 3 nitrogen and oxygen atoms in total. The van der Waals surface area contributed by atoms with Gasteiger partial charge in [-0.2, -0.15) is 0 Å². The number of halogens is 2. The van der Waals surface area contributed by atoms with Crippen LogP contribution in [0.3, 0.4) is 0 Å². The number of carboxylic acids is 1. The highest BCUT2D eigenvalue weighted by atomic mass is 79.9. The predicted molar refractivity (Wildman–Crippen MR) is 74.7 cm³/mol. The molecule has 5 heteroatoms. The van der Waals surface area contributed by atoms with E-state index in [1.54, 1.807) is 0 Å². The van der Waals surface area contributed by atoms with Crippen LogP contribution in [-0.4, -0.2) is 29.1 Å². The molecule has 2 unspecified atom stereocenters. The van der Waals surface area contributed by atoms with Gasteiger partial charge in [0.15, 0.2) is 0 Å². The number of nitrogens with zero attached hydrogens (tertiary/aromatic N) is 1. The Bertz CT molecular complexity index is 466. The second-order valence-corrected chi connectivity index (χ2v) is 6.14. The molecule has 18 heavy (non-hydrogen) atoms. The van der Waals surface area contributed by atoms with Gasteiger partial charge in [0.05, 0.1) is 5.92 Å². The Kier molecular flexibility index (Phi) is 4.30. The lowest BCUT2D eigenvalue weighted by Crippen LogP contribution is -2.23. The largest absolute Gasteiger partial charge is 0.481 e. The van der Waals surface area contributed by atoms with Crippen LogP contribution >= 0.6 is 27.5 Å². The summed E-state index contributed by atoms with van der Waals surface area (Å²) in [5.41, 5.74) is 1.10. The monoisotopic (exact) mass is 331 g/mol. The first-order valence-corrected chi connectivity index (χ1v) is 7.03. The zero-order valence-electron chi connectivity index (χ0n) is 10.1. The smallest absolute Gasteiger partial charge is 0.308 e. The molecule has 0 radical (unpaired) electrons. The van der Waals surface area contributed by atoms with Crippen LogP contribution in [0.1, 0.15) is 12.5 Å². The van der Waals surface area contributed by atoms with Crippen LogP contribution in [0.4, 0.5) is 0 Å². The second-order valence-electron chi connectivity index (χ2n) is 4.85. The molecule has 98 valence electrons. The number of rotatable bonds is 3. The molecule has 1 aromatic carbocycles. The fourth-order valence-electron chi connectivity index (χ4n) is 2.42. The van der Waals surface area contributed by atoms with Crippen LogP contribution in [-0.2, 0) is 11.3 Å². The molecule has 0 aromatic heterocycles. The molecule has 0 aliphatic carbocycles. The average molecular weight is 333 g/mol. The van der Waals surface area contributed by atoms with Crippen molar-refractivity contribution >= 4 is 33.5 Å². The van der Waals surface area contributed by atoms with Gasteiger partial charge in [-0.15, -0.1) is 0 Å². The van der Waals surface area contributed by atoms with E-state index in [0.717, 1.165) is 23.1 Å². The van der Waals surface area contributed by atoms with Gasteiger partial charge in [-0.3, -0.25) is 9.69 Å². The number of aliphatic carboxylic acids is 1. The van der Waals surface area contributed by atoms with Gasteiger partial charge in [0.2, 0.25) is 0 Å². The van der Waals surface area contributed by atoms with Crippen LogP contribution in [0.2, 0.25) is 5.02 Å². The maximum Gasteiger partial charge on any atom is 0.308 e. The molecule has 1 aliphatic heterocycles. The molecule has 1 N–H and O–H groups in total. The first-order chi connectivity index (χ1) is 8.47. The lowest BCUT2D eigenvalue weighted by molar-refractivity contribution is -0.142. The topological polar surface area (TPSA) is 40.5 Å². The van der Waals surface area contributed by atoms with E-state index >= 15 is 0 Å². The van der Waals surface area contributed by atoms with Crippen molar-refractivity contribution in [3.63, 3.8) is 0 Å². The molecule has 1 fully saturated rings. The first-order valence-electron chi connectivity index (χ1n) is 5.86. The van der Waals surface area contributed by atoms with Crippen molar-refractivity contribution in [3.8, 4) is 0 Å².